The van der Waals surface area contributed by atoms with Gasteiger partial charge in [-0.25, -0.2) is 15.0 Å². The third kappa shape index (κ3) is 3.74. The van der Waals surface area contributed by atoms with E-state index in [9.17, 15) is 4.79 Å². The minimum atomic E-state index is 0.0527. The predicted molar refractivity (Wildman–Crippen MR) is 137 cm³/mol. The average molecular weight is 480 g/mol. The highest BCUT2D eigenvalue weighted by Gasteiger charge is 2.29. The van der Waals surface area contributed by atoms with E-state index in [2.05, 4.69) is 41.4 Å². The van der Waals surface area contributed by atoms with Gasteiger partial charge in [-0.15, -0.1) is 0 Å². The fourth-order valence-electron chi connectivity index (χ4n) is 4.87. The second-order valence-corrected chi connectivity index (χ2v) is 9.55. The largest absolute Gasteiger partial charge is 0.370 e. The lowest BCUT2D eigenvalue weighted by molar-refractivity contribution is -0.117. The number of hydrogen-bond donors (Lipinski definition) is 3. The van der Waals surface area contributed by atoms with E-state index >= 15 is 0 Å². The summed E-state index contributed by atoms with van der Waals surface area (Å²) in [4.78, 5) is 36.5. The monoisotopic (exact) mass is 479 g/mol. The zero-order chi connectivity index (χ0) is 24.1. The standard InChI is InChI=1S/C26H25N9O/c36-26(15-4-5-15)29-17-12-16(13-27-14-17)18-6-7-19-21(30-18)23(34-33-19)25-31-22-20(8-9-28-24(22)32-25)35-10-2-1-3-11-35/h6-9,12-15H,1-5,10-11H2,(H,29,36)(H,33,34)(H,28,31,32). The SMILES string of the molecule is O=C(Nc1cncc(-c2ccc3[nH]nc(-c4nc5nccc(N6CCCCC6)c5[nH]4)c3n2)c1)C1CC1. The number of nitrogens with one attached hydrogen (secondary N) is 3. The van der Waals surface area contributed by atoms with Gasteiger partial charge in [-0.3, -0.25) is 14.9 Å². The number of rotatable bonds is 5. The van der Waals surface area contributed by atoms with Crippen LogP contribution in [0.2, 0.25) is 0 Å². The number of carbonyl (C=O) groups excluding carboxylic acids is 1. The number of carbonyl (C=O) groups is 1. The predicted octanol–water partition coefficient (Wildman–Crippen LogP) is 4.30. The Labute approximate surface area is 206 Å². The maximum atomic E-state index is 12.2. The van der Waals surface area contributed by atoms with Gasteiger partial charge in [0.05, 0.1) is 28.8 Å². The van der Waals surface area contributed by atoms with E-state index in [1.54, 1.807) is 12.4 Å². The molecule has 0 atom stereocenters. The highest BCUT2D eigenvalue weighted by atomic mass is 16.2. The summed E-state index contributed by atoms with van der Waals surface area (Å²) in [5.41, 5.74) is 7.10. The second-order valence-electron chi connectivity index (χ2n) is 9.55. The molecule has 10 nitrogen and oxygen atoms in total. The minimum Gasteiger partial charge on any atom is -0.370 e. The molecule has 5 aromatic heterocycles. The highest BCUT2D eigenvalue weighted by Crippen LogP contribution is 2.32. The lowest BCUT2D eigenvalue weighted by atomic mass is 10.1. The molecule has 0 unspecified atom stereocenters. The Hall–Kier alpha value is -4.34. The van der Waals surface area contributed by atoms with Crippen LogP contribution in [-0.4, -0.2) is 54.1 Å². The van der Waals surface area contributed by atoms with Crippen molar-refractivity contribution in [1.29, 1.82) is 0 Å². The van der Waals surface area contributed by atoms with E-state index < -0.39 is 0 Å². The molecule has 2 fully saturated rings. The number of piperidine rings is 1. The molecule has 5 aromatic rings. The molecule has 2 aliphatic rings. The van der Waals surface area contributed by atoms with Gasteiger partial charge >= 0.3 is 0 Å². The van der Waals surface area contributed by atoms with Crippen LogP contribution in [0.3, 0.4) is 0 Å². The van der Waals surface area contributed by atoms with Gasteiger partial charge in [-0.05, 0) is 56.4 Å². The van der Waals surface area contributed by atoms with Gasteiger partial charge in [0.15, 0.2) is 17.2 Å². The van der Waals surface area contributed by atoms with Gasteiger partial charge < -0.3 is 15.2 Å². The summed E-state index contributed by atoms with van der Waals surface area (Å²) in [5.74, 6) is 0.809. The topological polar surface area (TPSA) is 128 Å². The quantitative estimate of drug-likeness (QED) is 0.343. The van der Waals surface area contributed by atoms with Gasteiger partial charge in [0.25, 0.3) is 0 Å². The van der Waals surface area contributed by atoms with Crippen molar-refractivity contribution in [2.75, 3.05) is 23.3 Å². The number of hydrogen-bond acceptors (Lipinski definition) is 7. The van der Waals surface area contributed by atoms with Crippen LogP contribution in [0, 0.1) is 5.92 Å². The number of pyridine rings is 3. The molecular formula is C26H25N9O. The van der Waals surface area contributed by atoms with Crippen molar-refractivity contribution in [3.05, 3.63) is 42.9 Å². The maximum Gasteiger partial charge on any atom is 0.227 e. The van der Waals surface area contributed by atoms with Gasteiger partial charge in [0.1, 0.15) is 11.0 Å². The van der Waals surface area contributed by atoms with Crippen LogP contribution in [0.1, 0.15) is 32.1 Å². The van der Waals surface area contributed by atoms with E-state index in [1.807, 2.05) is 24.4 Å². The number of H-pyrrole nitrogens is 2. The van der Waals surface area contributed by atoms with Crippen molar-refractivity contribution in [3.63, 3.8) is 0 Å². The molecule has 7 rings (SSSR count). The van der Waals surface area contributed by atoms with Crippen LogP contribution in [0.4, 0.5) is 11.4 Å². The molecule has 1 saturated heterocycles. The molecule has 1 saturated carbocycles. The summed E-state index contributed by atoms with van der Waals surface area (Å²) in [7, 11) is 0. The number of aromatic nitrogens is 7. The molecule has 0 aromatic carbocycles. The smallest absolute Gasteiger partial charge is 0.227 e. The fourth-order valence-corrected chi connectivity index (χ4v) is 4.87. The first kappa shape index (κ1) is 21.0. The molecule has 0 bridgehead atoms. The van der Waals surface area contributed by atoms with Gasteiger partial charge in [-0.2, -0.15) is 5.10 Å². The van der Waals surface area contributed by atoms with Crippen LogP contribution in [0.15, 0.2) is 42.9 Å². The Morgan fingerprint density at radius 2 is 1.94 bits per heavy atom. The summed E-state index contributed by atoms with van der Waals surface area (Å²) in [6.45, 7) is 2.08. The zero-order valence-corrected chi connectivity index (χ0v) is 19.7. The fraction of sp³-hybridized carbons (Fsp3) is 0.308. The van der Waals surface area contributed by atoms with Gasteiger partial charge in [0, 0.05) is 37.0 Å². The second kappa shape index (κ2) is 8.40. The lowest BCUT2D eigenvalue weighted by Gasteiger charge is -2.28. The first-order chi connectivity index (χ1) is 17.7. The summed E-state index contributed by atoms with van der Waals surface area (Å²) >= 11 is 0. The third-order valence-corrected chi connectivity index (χ3v) is 6.95. The Bertz CT molecular complexity index is 1590. The van der Waals surface area contributed by atoms with Gasteiger partial charge in [-0.1, -0.05) is 0 Å². The van der Waals surface area contributed by atoms with Gasteiger partial charge in [0.2, 0.25) is 5.91 Å². The summed E-state index contributed by atoms with van der Waals surface area (Å²) in [6.07, 6.45) is 10.8. The maximum absolute atomic E-state index is 12.2. The van der Waals surface area contributed by atoms with Crippen LogP contribution < -0.4 is 10.2 Å². The van der Waals surface area contributed by atoms with Crippen LogP contribution in [-0.2, 0) is 4.79 Å². The molecule has 0 radical (unpaired) electrons. The van der Waals surface area contributed by atoms with Crippen LogP contribution >= 0.6 is 0 Å². The third-order valence-electron chi connectivity index (χ3n) is 6.95. The minimum absolute atomic E-state index is 0.0527. The van der Waals surface area contributed by atoms with Crippen LogP contribution in [0.25, 0.3) is 45.0 Å². The summed E-state index contributed by atoms with van der Waals surface area (Å²) < 4.78 is 0. The first-order valence-electron chi connectivity index (χ1n) is 12.4. The van der Waals surface area contributed by atoms with Crippen molar-refractivity contribution >= 4 is 39.5 Å². The number of nitrogens with zero attached hydrogens (tertiary/aromatic N) is 6. The van der Waals surface area contributed by atoms with Crippen molar-refractivity contribution in [2.24, 2.45) is 5.92 Å². The Kier molecular flexibility index (Phi) is 4.90. The van der Waals surface area contributed by atoms with Crippen molar-refractivity contribution in [2.45, 2.75) is 32.1 Å². The molecule has 36 heavy (non-hydrogen) atoms. The van der Waals surface area contributed by atoms with Crippen LogP contribution in [0.5, 0.6) is 0 Å². The van der Waals surface area contributed by atoms with Crippen molar-refractivity contribution in [1.82, 2.24) is 35.1 Å². The Balaban J connectivity index is 1.25. The van der Waals surface area contributed by atoms with Crippen molar-refractivity contribution in [3.8, 4) is 22.8 Å². The van der Waals surface area contributed by atoms with E-state index in [1.165, 1.54) is 19.3 Å². The average Bonchev–Trinajstić information content (AvgIpc) is 3.55. The molecule has 6 heterocycles. The highest BCUT2D eigenvalue weighted by molar-refractivity contribution is 5.95. The van der Waals surface area contributed by atoms with E-state index in [-0.39, 0.29) is 11.8 Å². The van der Waals surface area contributed by atoms with E-state index in [0.29, 0.717) is 28.4 Å². The summed E-state index contributed by atoms with van der Waals surface area (Å²) in [5, 5.41) is 10.6. The molecule has 180 valence electrons. The molecule has 0 spiro atoms. The molecule has 3 N–H and O–H groups in total. The first-order valence-corrected chi connectivity index (χ1v) is 12.4. The van der Waals surface area contributed by atoms with E-state index in [4.69, 9.17) is 9.97 Å². The number of anilines is 2. The number of imidazole rings is 1. The van der Waals surface area contributed by atoms with E-state index in [0.717, 1.165) is 53.9 Å². The Morgan fingerprint density at radius 3 is 2.81 bits per heavy atom. The molecule has 10 heteroatoms. The number of fused-ring (bicyclic) bond motifs is 2. The molecule has 1 aliphatic carbocycles. The zero-order valence-electron chi connectivity index (χ0n) is 19.7. The molecule has 1 aliphatic heterocycles. The normalized spacial score (nSPS) is 16.1. The number of aromatic amines is 2. The molecular weight excluding hydrogens is 454 g/mol. The Morgan fingerprint density at radius 1 is 1.06 bits per heavy atom. The van der Waals surface area contributed by atoms with Crippen molar-refractivity contribution < 1.29 is 4.79 Å². The summed E-state index contributed by atoms with van der Waals surface area (Å²) in [6, 6.07) is 7.82. The lowest BCUT2D eigenvalue weighted by Crippen LogP contribution is -2.29. The molecule has 1 amide bonds. The number of amides is 1.